The van der Waals surface area contributed by atoms with Crippen molar-refractivity contribution in [3.63, 3.8) is 0 Å². The van der Waals surface area contributed by atoms with Gasteiger partial charge in [-0.25, -0.2) is 14.4 Å². The first-order valence-corrected chi connectivity index (χ1v) is 9.85. The number of aliphatic carboxylic acids is 1. The van der Waals surface area contributed by atoms with Crippen molar-refractivity contribution in [3.05, 3.63) is 0 Å². The summed E-state index contributed by atoms with van der Waals surface area (Å²) in [4.78, 5) is 48.2. The van der Waals surface area contributed by atoms with Crippen molar-refractivity contribution in [2.24, 2.45) is 11.8 Å². The van der Waals surface area contributed by atoms with E-state index in [0.717, 1.165) is 0 Å². The fraction of sp³-hybridized carbons (Fsp3) is 0.800. The molecule has 0 heterocycles. The number of nitrogens with one attached hydrogen (secondary N) is 2. The van der Waals surface area contributed by atoms with Crippen LogP contribution in [0.2, 0.25) is 0 Å². The van der Waals surface area contributed by atoms with Gasteiger partial charge in [-0.1, -0.05) is 27.7 Å². The number of rotatable bonds is 10. The molecule has 0 rings (SSSR count). The summed E-state index contributed by atoms with van der Waals surface area (Å²) >= 11 is 0. The first kappa shape index (κ1) is 26.7. The Hall–Kier alpha value is -2.32. The first-order valence-electron chi connectivity index (χ1n) is 9.85. The lowest BCUT2D eigenvalue weighted by molar-refractivity contribution is -0.164. The molecule has 2 amide bonds. The van der Waals surface area contributed by atoms with Gasteiger partial charge in [0.25, 0.3) is 0 Å². The van der Waals surface area contributed by atoms with Crippen LogP contribution in [0.15, 0.2) is 0 Å². The maximum atomic E-state index is 12.8. The zero-order chi connectivity index (χ0) is 22.9. The molecule has 0 aliphatic rings. The summed E-state index contributed by atoms with van der Waals surface area (Å²) in [6.07, 6.45) is -1.47. The second-order valence-corrected chi connectivity index (χ2v) is 8.94. The van der Waals surface area contributed by atoms with E-state index in [4.69, 9.17) is 14.6 Å². The standard InChI is InChI=1S/C20H36N2O7/c1-11(2)9-14(22-19(27)29-20(6,7)8)16(23)21-15(10-12(3)4)18(26)28-13(5)17(24)25/h11-15H,9-10H2,1-8H3,(H,21,23)(H,22,27)(H,24,25)/t13-,14-,15-/m0/s1. The number of carbonyl (C=O) groups is 4. The van der Waals surface area contributed by atoms with Gasteiger partial charge in [-0.15, -0.1) is 0 Å². The fourth-order valence-electron chi connectivity index (χ4n) is 2.42. The molecular weight excluding hydrogens is 380 g/mol. The molecular formula is C20H36N2O7. The molecule has 0 aromatic rings. The Morgan fingerprint density at radius 3 is 1.76 bits per heavy atom. The largest absolute Gasteiger partial charge is 0.479 e. The van der Waals surface area contributed by atoms with Crippen LogP contribution in [0.3, 0.4) is 0 Å². The van der Waals surface area contributed by atoms with E-state index in [1.165, 1.54) is 6.92 Å². The molecule has 0 unspecified atom stereocenters. The third-order valence-electron chi connectivity index (χ3n) is 3.66. The van der Waals surface area contributed by atoms with Gasteiger partial charge in [0.2, 0.25) is 5.91 Å². The lowest BCUT2D eigenvalue weighted by atomic mass is 10.0. The highest BCUT2D eigenvalue weighted by Gasteiger charge is 2.31. The van der Waals surface area contributed by atoms with E-state index < -0.39 is 47.7 Å². The Balaban J connectivity index is 5.31. The van der Waals surface area contributed by atoms with Crippen molar-refractivity contribution in [1.29, 1.82) is 0 Å². The number of carbonyl (C=O) groups excluding carboxylic acids is 3. The van der Waals surface area contributed by atoms with Gasteiger partial charge in [0.05, 0.1) is 0 Å². The molecule has 0 radical (unpaired) electrons. The van der Waals surface area contributed by atoms with Crippen LogP contribution >= 0.6 is 0 Å². The number of carboxylic acids is 1. The van der Waals surface area contributed by atoms with E-state index in [2.05, 4.69) is 10.6 Å². The monoisotopic (exact) mass is 416 g/mol. The number of esters is 1. The molecule has 0 saturated carbocycles. The molecule has 9 heteroatoms. The number of ether oxygens (including phenoxy) is 2. The normalized spacial score (nSPS) is 14.7. The van der Waals surface area contributed by atoms with E-state index in [1.54, 1.807) is 20.8 Å². The van der Waals surface area contributed by atoms with Crippen molar-refractivity contribution >= 4 is 23.9 Å². The van der Waals surface area contributed by atoms with Gasteiger partial charge >= 0.3 is 18.0 Å². The highest BCUT2D eigenvalue weighted by molar-refractivity contribution is 5.90. The second kappa shape index (κ2) is 11.6. The minimum absolute atomic E-state index is 0.0374. The van der Waals surface area contributed by atoms with E-state index in [9.17, 15) is 19.2 Å². The highest BCUT2D eigenvalue weighted by atomic mass is 16.6. The average molecular weight is 417 g/mol. The van der Waals surface area contributed by atoms with Gasteiger partial charge < -0.3 is 25.2 Å². The maximum absolute atomic E-state index is 12.8. The third kappa shape index (κ3) is 12.0. The zero-order valence-electron chi connectivity index (χ0n) is 18.7. The SMILES string of the molecule is CC(C)C[C@H](NC(=O)OC(C)(C)C)C(=O)N[C@@H](CC(C)C)C(=O)O[C@@H](C)C(=O)O. The topological polar surface area (TPSA) is 131 Å². The average Bonchev–Trinajstić information content (AvgIpc) is 2.50. The molecule has 0 bridgehead atoms. The quantitative estimate of drug-likeness (QED) is 0.466. The Morgan fingerprint density at radius 1 is 0.862 bits per heavy atom. The molecule has 3 N–H and O–H groups in total. The molecule has 0 saturated heterocycles. The van der Waals surface area contributed by atoms with Gasteiger partial charge in [0.1, 0.15) is 17.7 Å². The number of hydrogen-bond donors (Lipinski definition) is 3. The minimum Gasteiger partial charge on any atom is -0.479 e. The Bertz CT molecular complexity index is 582. The summed E-state index contributed by atoms with van der Waals surface area (Å²) < 4.78 is 10.1. The smallest absolute Gasteiger partial charge is 0.408 e. The van der Waals surface area contributed by atoms with Crippen molar-refractivity contribution in [2.45, 2.75) is 92.0 Å². The Kier molecular flexibility index (Phi) is 10.7. The molecule has 0 aliphatic carbocycles. The summed E-state index contributed by atoms with van der Waals surface area (Å²) in [5.41, 5.74) is -0.722. The van der Waals surface area contributed by atoms with Crippen molar-refractivity contribution in [3.8, 4) is 0 Å². The van der Waals surface area contributed by atoms with Crippen LogP contribution < -0.4 is 10.6 Å². The molecule has 168 valence electrons. The summed E-state index contributed by atoms with van der Waals surface area (Å²) in [5, 5.41) is 14.1. The van der Waals surface area contributed by atoms with Crippen molar-refractivity contribution in [2.75, 3.05) is 0 Å². The first-order chi connectivity index (χ1) is 13.1. The fourth-order valence-corrected chi connectivity index (χ4v) is 2.42. The van der Waals surface area contributed by atoms with Crippen LogP contribution in [-0.2, 0) is 23.9 Å². The minimum atomic E-state index is -1.33. The predicted octanol–water partition coefficient (Wildman–Crippen LogP) is 2.47. The van der Waals surface area contributed by atoms with Crippen LogP contribution in [0.25, 0.3) is 0 Å². The van der Waals surface area contributed by atoms with Gasteiger partial charge in [-0.05, 0) is 52.4 Å². The lowest BCUT2D eigenvalue weighted by Gasteiger charge is -2.26. The Labute approximate surface area is 172 Å². The van der Waals surface area contributed by atoms with E-state index >= 15 is 0 Å². The number of carboxylic acid groups (broad SMARTS) is 1. The summed E-state index contributed by atoms with van der Waals surface area (Å²) in [6.45, 7) is 13.9. The van der Waals surface area contributed by atoms with Gasteiger partial charge in [-0.2, -0.15) is 0 Å². The number of amides is 2. The molecule has 0 spiro atoms. The Morgan fingerprint density at radius 2 is 1.34 bits per heavy atom. The predicted molar refractivity (Wildman–Crippen MR) is 107 cm³/mol. The molecule has 3 atom stereocenters. The summed E-state index contributed by atoms with van der Waals surface area (Å²) in [5.74, 6) is -2.55. The molecule has 9 nitrogen and oxygen atoms in total. The van der Waals surface area contributed by atoms with Crippen molar-refractivity contribution < 1.29 is 33.8 Å². The molecule has 0 aromatic carbocycles. The second-order valence-electron chi connectivity index (χ2n) is 8.94. The lowest BCUT2D eigenvalue weighted by Crippen LogP contribution is -2.53. The van der Waals surface area contributed by atoms with Crippen LogP contribution in [0.5, 0.6) is 0 Å². The molecule has 0 fully saturated rings. The van der Waals surface area contributed by atoms with Gasteiger partial charge in [0, 0.05) is 0 Å². The molecule has 0 aromatic heterocycles. The van der Waals surface area contributed by atoms with Crippen LogP contribution in [-0.4, -0.2) is 52.8 Å². The molecule has 29 heavy (non-hydrogen) atoms. The van der Waals surface area contributed by atoms with E-state index in [1.807, 2.05) is 27.7 Å². The van der Waals surface area contributed by atoms with Gasteiger partial charge in [0.15, 0.2) is 6.10 Å². The van der Waals surface area contributed by atoms with Gasteiger partial charge in [-0.3, -0.25) is 4.79 Å². The van der Waals surface area contributed by atoms with E-state index in [0.29, 0.717) is 6.42 Å². The molecule has 0 aliphatic heterocycles. The van der Waals surface area contributed by atoms with E-state index in [-0.39, 0.29) is 18.3 Å². The van der Waals surface area contributed by atoms with Crippen LogP contribution in [0.4, 0.5) is 4.79 Å². The highest BCUT2D eigenvalue weighted by Crippen LogP contribution is 2.12. The van der Waals surface area contributed by atoms with Crippen molar-refractivity contribution in [1.82, 2.24) is 10.6 Å². The third-order valence-corrected chi connectivity index (χ3v) is 3.66. The van der Waals surface area contributed by atoms with Crippen LogP contribution in [0, 0.1) is 11.8 Å². The summed E-state index contributed by atoms with van der Waals surface area (Å²) in [6, 6.07) is -1.94. The maximum Gasteiger partial charge on any atom is 0.408 e. The number of alkyl carbamates (subject to hydrolysis) is 1. The van der Waals surface area contributed by atoms with Crippen LogP contribution in [0.1, 0.15) is 68.2 Å². The zero-order valence-corrected chi connectivity index (χ0v) is 18.7. The number of hydrogen-bond acceptors (Lipinski definition) is 6. The summed E-state index contributed by atoms with van der Waals surface area (Å²) in [7, 11) is 0.